The third-order valence-corrected chi connectivity index (χ3v) is 5.80. The van der Waals surface area contributed by atoms with Gasteiger partial charge in [0.2, 0.25) is 0 Å². The fourth-order valence-corrected chi connectivity index (χ4v) is 4.07. The van der Waals surface area contributed by atoms with Crippen LogP contribution in [0.2, 0.25) is 0 Å². The van der Waals surface area contributed by atoms with Crippen molar-refractivity contribution >= 4 is 5.96 Å². The Hall–Kier alpha value is -0.850. The molecule has 2 rings (SSSR count). The van der Waals surface area contributed by atoms with Crippen LogP contribution in [0.3, 0.4) is 0 Å². The van der Waals surface area contributed by atoms with Gasteiger partial charge in [-0.15, -0.1) is 0 Å². The molecule has 2 aliphatic rings. The third-order valence-electron chi connectivity index (χ3n) is 5.80. The lowest BCUT2D eigenvalue weighted by Gasteiger charge is -2.37. The van der Waals surface area contributed by atoms with Crippen LogP contribution in [0.1, 0.15) is 58.3 Å². The summed E-state index contributed by atoms with van der Waals surface area (Å²) in [7, 11) is 1.86. The quantitative estimate of drug-likeness (QED) is 0.309. The lowest BCUT2D eigenvalue weighted by molar-refractivity contribution is 0.00247. The van der Waals surface area contributed by atoms with Crippen LogP contribution >= 0.6 is 0 Å². The van der Waals surface area contributed by atoms with Gasteiger partial charge < -0.3 is 20.1 Å². The van der Waals surface area contributed by atoms with E-state index in [2.05, 4.69) is 27.4 Å². The van der Waals surface area contributed by atoms with Crippen LogP contribution in [0, 0.1) is 5.92 Å². The molecule has 2 unspecified atom stereocenters. The summed E-state index contributed by atoms with van der Waals surface area (Å²) < 4.78 is 11.2. The van der Waals surface area contributed by atoms with Crippen molar-refractivity contribution < 1.29 is 9.47 Å². The first kappa shape index (κ1) is 22.4. The Morgan fingerprint density at radius 2 is 1.74 bits per heavy atom. The van der Waals surface area contributed by atoms with Gasteiger partial charge in [-0.3, -0.25) is 9.89 Å². The van der Waals surface area contributed by atoms with Crippen molar-refractivity contribution in [3.05, 3.63) is 0 Å². The minimum atomic E-state index is 0.494. The average molecular weight is 383 g/mol. The molecule has 0 radical (unpaired) electrons. The molecule has 0 aromatic rings. The van der Waals surface area contributed by atoms with E-state index in [4.69, 9.17) is 9.47 Å². The predicted molar refractivity (Wildman–Crippen MR) is 112 cm³/mol. The molecule has 158 valence electrons. The number of unbranched alkanes of at least 4 members (excludes halogenated alkanes) is 6. The highest BCUT2D eigenvalue weighted by Gasteiger charge is 2.31. The normalized spacial score (nSPS) is 22.7. The zero-order valence-corrected chi connectivity index (χ0v) is 17.7. The number of hydrogen-bond donors (Lipinski definition) is 2. The number of guanidine groups is 1. The lowest BCUT2D eigenvalue weighted by Crippen LogP contribution is -2.53. The summed E-state index contributed by atoms with van der Waals surface area (Å²) in [6, 6.07) is 0.494. The number of ether oxygens (including phenoxy) is 2. The zero-order chi connectivity index (χ0) is 19.2. The Kier molecular flexibility index (Phi) is 11.8. The Morgan fingerprint density at radius 3 is 2.41 bits per heavy atom. The van der Waals surface area contributed by atoms with Gasteiger partial charge in [-0.25, -0.2) is 0 Å². The first-order valence-corrected chi connectivity index (χ1v) is 11.2. The van der Waals surface area contributed by atoms with Gasteiger partial charge in [-0.2, -0.15) is 0 Å². The molecule has 6 heteroatoms. The van der Waals surface area contributed by atoms with Crippen molar-refractivity contribution in [3.8, 4) is 0 Å². The van der Waals surface area contributed by atoms with E-state index in [1.165, 1.54) is 44.9 Å². The number of nitrogens with one attached hydrogen (secondary N) is 2. The summed E-state index contributed by atoms with van der Waals surface area (Å²) >= 11 is 0. The van der Waals surface area contributed by atoms with Gasteiger partial charge in [-0.05, 0) is 12.8 Å². The Morgan fingerprint density at radius 1 is 1.00 bits per heavy atom. The molecule has 0 bridgehead atoms. The highest BCUT2D eigenvalue weighted by Crippen LogP contribution is 2.21. The van der Waals surface area contributed by atoms with Gasteiger partial charge in [0.05, 0.1) is 19.8 Å². The molecule has 2 N–H and O–H groups in total. The molecule has 0 saturated carbocycles. The number of hydrogen-bond acceptors (Lipinski definition) is 4. The van der Waals surface area contributed by atoms with Crippen molar-refractivity contribution in [1.29, 1.82) is 0 Å². The van der Waals surface area contributed by atoms with Crippen LogP contribution in [0.15, 0.2) is 4.99 Å². The minimum absolute atomic E-state index is 0.494. The highest BCUT2D eigenvalue weighted by molar-refractivity contribution is 5.79. The van der Waals surface area contributed by atoms with E-state index in [0.717, 1.165) is 65.0 Å². The van der Waals surface area contributed by atoms with Crippen molar-refractivity contribution in [2.24, 2.45) is 10.9 Å². The maximum atomic E-state index is 5.66. The molecule has 2 aliphatic heterocycles. The smallest absolute Gasteiger partial charge is 0.191 e. The maximum absolute atomic E-state index is 5.66. The van der Waals surface area contributed by atoms with Gasteiger partial charge in [-0.1, -0.05) is 45.4 Å². The van der Waals surface area contributed by atoms with Gasteiger partial charge in [0, 0.05) is 51.8 Å². The van der Waals surface area contributed by atoms with Crippen LogP contribution in [-0.2, 0) is 9.47 Å². The fourth-order valence-electron chi connectivity index (χ4n) is 4.07. The molecule has 0 spiro atoms. The van der Waals surface area contributed by atoms with Crippen molar-refractivity contribution in [1.82, 2.24) is 15.5 Å². The second-order valence-electron chi connectivity index (χ2n) is 7.84. The number of morpholine rings is 1. The van der Waals surface area contributed by atoms with Crippen LogP contribution in [-0.4, -0.2) is 76.6 Å². The molecule has 0 aromatic carbocycles. The maximum Gasteiger partial charge on any atom is 0.191 e. The SMILES string of the molecule is CCCCCCCCCNC(=NC)NCC(C1CCOC1)N1CCOCC1. The second kappa shape index (κ2) is 14.2. The van der Waals surface area contributed by atoms with Crippen molar-refractivity contribution in [2.45, 2.75) is 64.3 Å². The molecule has 2 fully saturated rings. The van der Waals surface area contributed by atoms with Crippen LogP contribution < -0.4 is 10.6 Å². The number of nitrogens with zero attached hydrogens (tertiary/aromatic N) is 2. The molecule has 2 atom stereocenters. The monoisotopic (exact) mass is 382 g/mol. The average Bonchev–Trinajstić information content (AvgIpc) is 3.24. The minimum Gasteiger partial charge on any atom is -0.381 e. The fraction of sp³-hybridized carbons (Fsp3) is 0.952. The van der Waals surface area contributed by atoms with E-state index in [1.807, 2.05) is 7.05 Å². The standard InChI is InChI=1S/C21H42N4O2/c1-3-4-5-6-7-8-9-11-23-21(22-2)24-17-20(19-10-14-27-18-19)25-12-15-26-16-13-25/h19-20H,3-18H2,1-2H3,(H2,22,23,24). The summed E-state index contributed by atoms with van der Waals surface area (Å²) in [6.45, 7) is 9.70. The zero-order valence-electron chi connectivity index (χ0n) is 17.7. The molecular weight excluding hydrogens is 340 g/mol. The van der Waals surface area contributed by atoms with E-state index in [1.54, 1.807) is 0 Å². The van der Waals surface area contributed by atoms with E-state index in [9.17, 15) is 0 Å². The topological polar surface area (TPSA) is 58.1 Å². The molecule has 2 heterocycles. The van der Waals surface area contributed by atoms with E-state index < -0.39 is 0 Å². The van der Waals surface area contributed by atoms with E-state index in [-0.39, 0.29) is 0 Å². The molecule has 0 amide bonds. The molecule has 0 aromatic heterocycles. The lowest BCUT2D eigenvalue weighted by atomic mass is 9.97. The molecular formula is C21H42N4O2. The molecule has 0 aliphatic carbocycles. The molecule has 27 heavy (non-hydrogen) atoms. The van der Waals surface area contributed by atoms with Gasteiger partial charge >= 0.3 is 0 Å². The van der Waals surface area contributed by atoms with Crippen LogP contribution in [0.4, 0.5) is 0 Å². The van der Waals surface area contributed by atoms with E-state index in [0.29, 0.717) is 12.0 Å². The first-order valence-electron chi connectivity index (χ1n) is 11.2. The Labute approximate surface area is 166 Å². The van der Waals surface area contributed by atoms with Crippen LogP contribution in [0.25, 0.3) is 0 Å². The largest absolute Gasteiger partial charge is 0.381 e. The summed E-state index contributed by atoms with van der Waals surface area (Å²) in [5, 5.41) is 7.05. The van der Waals surface area contributed by atoms with Crippen LogP contribution in [0.5, 0.6) is 0 Å². The van der Waals surface area contributed by atoms with Crippen molar-refractivity contribution in [2.75, 3.05) is 59.7 Å². The summed E-state index contributed by atoms with van der Waals surface area (Å²) in [4.78, 5) is 6.98. The third kappa shape index (κ3) is 8.79. The van der Waals surface area contributed by atoms with E-state index >= 15 is 0 Å². The predicted octanol–water partition coefficient (Wildman–Crippen LogP) is 2.64. The Bertz CT molecular complexity index is 394. The second-order valence-corrected chi connectivity index (χ2v) is 7.84. The van der Waals surface area contributed by atoms with Crippen molar-refractivity contribution in [3.63, 3.8) is 0 Å². The Balaban J connectivity index is 1.65. The summed E-state index contributed by atoms with van der Waals surface area (Å²) in [6.07, 6.45) is 10.5. The summed E-state index contributed by atoms with van der Waals surface area (Å²) in [5.41, 5.74) is 0. The van der Waals surface area contributed by atoms with Gasteiger partial charge in [0.15, 0.2) is 5.96 Å². The summed E-state index contributed by atoms with van der Waals surface area (Å²) in [5.74, 6) is 1.54. The van der Waals surface area contributed by atoms with Gasteiger partial charge in [0.1, 0.15) is 0 Å². The number of rotatable bonds is 12. The number of aliphatic imine (C=N–C) groups is 1. The van der Waals surface area contributed by atoms with Gasteiger partial charge in [0.25, 0.3) is 0 Å². The molecule has 2 saturated heterocycles. The first-order chi connectivity index (χ1) is 13.3. The molecule has 6 nitrogen and oxygen atoms in total. The highest BCUT2D eigenvalue weighted by atomic mass is 16.5.